The summed E-state index contributed by atoms with van der Waals surface area (Å²) in [6.45, 7) is 2.32. The van der Waals surface area contributed by atoms with E-state index in [-0.39, 0.29) is 11.9 Å². The molecule has 1 aliphatic carbocycles. The molecule has 3 heteroatoms. The summed E-state index contributed by atoms with van der Waals surface area (Å²) in [4.78, 5) is 14.9. The monoisotopic (exact) mass is 293 g/mol. The highest BCUT2D eigenvalue weighted by Crippen LogP contribution is 2.48. The lowest BCUT2D eigenvalue weighted by molar-refractivity contribution is -0.154. The predicted molar refractivity (Wildman–Crippen MR) is 83.9 cm³/mol. The van der Waals surface area contributed by atoms with Crippen LogP contribution in [-0.2, 0) is 9.53 Å². The molecule has 1 saturated carbocycles. The van der Waals surface area contributed by atoms with Gasteiger partial charge in [0.05, 0.1) is 13.0 Å². The van der Waals surface area contributed by atoms with Crippen molar-refractivity contribution in [2.75, 3.05) is 14.2 Å². The van der Waals surface area contributed by atoms with Crippen LogP contribution in [0.4, 0.5) is 0 Å². The van der Waals surface area contributed by atoms with Crippen LogP contribution in [0, 0.1) is 23.7 Å². The maximum absolute atomic E-state index is 12.4. The topological polar surface area (TPSA) is 29.5 Å². The van der Waals surface area contributed by atoms with Gasteiger partial charge in [-0.1, -0.05) is 26.2 Å². The minimum Gasteiger partial charge on any atom is -0.469 e. The van der Waals surface area contributed by atoms with Crippen molar-refractivity contribution in [1.82, 2.24) is 4.90 Å². The Labute approximate surface area is 129 Å². The van der Waals surface area contributed by atoms with Gasteiger partial charge >= 0.3 is 5.97 Å². The van der Waals surface area contributed by atoms with Crippen LogP contribution in [0.3, 0.4) is 0 Å². The number of carbonyl (C=O) groups is 1. The lowest BCUT2D eigenvalue weighted by Crippen LogP contribution is -2.52. The van der Waals surface area contributed by atoms with Crippen molar-refractivity contribution in [1.29, 1.82) is 0 Å². The van der Waals surface area contributed by atoms with E-state index in [1.165, 1.54) is 51.4 Å². The molecule has 3 nitrogen and oxygen atoms in total. The molecule has 120 valence electrons. The van der Waals surface area contributed by atoms with Crippen LogP contribution >= 0.6 is 0 Å². The Morgan fingerprint density at radius 2 is 1.86 bits per heavy atom. The van der Waals surface area contributed by atoms with E-state index >= 15 is 0 Å². The third kappa shape index (κ3) is 2.74. The number of ether oxygens (including phenoxy) is 1. The predicted octanol–water partition coefficient (Wildman–Crippen LogP) is 3.47. The summed E-state index contributed by atoms with van der Waals surface area (Å²) in [5, 5.41) is 0. The van der Waals surface area contributed by atoms with Crippen LogP contribution in [0.1, 0.15) is 58.3 Å². The molecule has 2 bridgehead atoms. The zero-order chi connectivity index (χ0) is 15.0. The first-order chi connectivity index (χ1) is 10.2. The number of hydrogen-bond acceptors (Lipinski definition) is 3. The number of nitrogens with zero attached hydrogens (tertiary/aromatic N) is 1. The van der Waals surface area contributed by atoms with E-state index < -0.39 is 0 Å². The van der Waals surface area contributed by atoms with Gasteiger partial charge in [-0.05, 0) is 56.9 Å². The molecule has 0 aromatic carbocycles. The Bertz CT molecular complexity index is 375. The summed E-state index contributed by atoms with van der Waals surface area (Å²) in [6, 6.07) is 1.15. The van der Waals surface area contributed by atoms with Gasteiger partial charge in [-0.2, -0.15) is 0 Å². The second-order valence-electron chi connectivity index (χ2n) is 7.60. The number of fused-ring (bicyclic) bond motifs is 2. The Hall–Kier alpha value is -0.570. The van der Waals surface area contributed by atoms with Gasteiger partial charge in [0.15, 0.2) is 0 Å². The molecule has 0 N–H and O–H groups in total. The Morgan fingerprint density at radius 1 is 1.14 bits per heavy atom. The third-order valence-electron chi connectivity index (χ3n) is 6.86. The minimum atomic E-state index is 0.0508. The maximum Gasteiger partial charge on any atom is 0.310 e. The summed E-state index contributed by atoms with van der Waals surface area (Å²) in [6.07, 6.45) is 10.4. The number of rotatable bonds is 3. The number of esters is 1. The Morgan fingerprint density at radius 3 is 2.48 bits per heavy atom. The molecule has 0 spiro atoms. The van der Waals surface area contributed by atoms with Gasteiger partial charge in [0, 0.05) is 12.1 Å². The zero-order valence-corrected chi connectivity index (χ0v) is 13.9. The van der Waals surface area contributed by atoms with Crippen molar-refractivity contribution in [3.8, 4) is 0 Å². The van der Waals surface area contributed by atoms with Crippen LogP contribution in [0.25, 0.3) is 0 Å². The highest BCUT2D eigenvalue weighted by Gasteiger charge is 2.51. The molecule has 3 fully saturated rings. The molecular weight excluding hydrogens is 262 g/mol. The Kier molecular flexibility index (Phi) is 4.58. The largest absolute Gasteiger partial charge is 0.469 e. The van der Waals surface area contributed by atoms with Crippen LogP contribution in [0.5, 0.6) is 0 Å². The number of hydrogen-bond donors (Lipinski definition) is 0. The van der Waals surface area contributed by atoms with E-state index in [1.54, 1.807) is 7.11 Å². The number of piperidine rings is 1. The van der Waals surface area contributed by atoms with Gasteiger partial charge in [-0.15, -0.1) is 0 Å². The first kappa shape index (κ1) is 15.3. The van der Waals surface area contributed by atoms with Crippen molar-refractivity contribution in [3.63, 3.8) is 0 Å². The van der Waals surface area contributed by atoms with Crippen LogP contribution < -0.4 is 0 Å². The molecule has 3 aliphatic rings. The smallest absolute Gasteiger partial charge is 0.310 e. The minimum absolute atomic E-state index is 0.0508. The molecule has 21 heavy (non-hydrogen) atoms. The molecule has 4 unspecified atom stereocenters. The maximum atomic E-state index is 12.4. The summed E-state index contributed by atoms with van der Waals surface area (Å²) in [5.74, 6) is 2.44. The average molecular weight is 293 g/mol. The lowest BCUT2D eigenvalue weighted by Gasteiger charge is -2.46. The van der Waals surface area contributed by atoms with E-state index in [9.17, 15) is 4.79 Å². The van der Waals surface area contributed by atoms with Gasteiger partial charge < -0.3 is 4.74 Å². The normalized spacial score (nSPS) is 43.8. The molecule has 3 rings (SSSR count). The lowest BCUT2D eigenvalue weighted by atomic mass is 9.66. The molecule has 4 atom stereocenters. The van der Waals surface area contributed by atoms with Gasteiger partial charge in [0.2, 0.25) is 0 Å². The first-order valence-corrected chi connectivity index (χ1v) is 8.95. The summed E-state index contributed by atoms with van der Waals surface area (Å²) in [5.41, 5.74) is 0. The zero-order valence-electron chi connectivity index (χ0n) is 13.9. The molecule has 0 aromatic rings. The summed E-state index contributed by atoms with van der Waals surface area (Å²) >= 11 is 0. The van der Waals surface area contributed by atoms with Crippen molar-refractivity contribution < 1.29 is 9.53 Å². The quantitative estimate of drug-likeness (QED) is 0.746. The van der Waals surface area contributed by atoms with Crippen molar-refractivity contribution in [2.24, 2.45) is 23.7 Å². The van der Waals surface area contributed by atoms with Crippen LogP contribution in [0.15, 0.2) is 0 Å². The fourth-order valence-electron chi connectivity index (χ4n) is 5.48. The summed E-state index contributed by atoms with van der Waals surface area (Å²) in [7, 11) is 3.77. The van der Waals surface area contributed by atoms with Gasteiger partial charge in [0.25, 0.3) is 0 Å². The number of methoxy groups -OCH3 is 1. The van der Waals surface area contributed by atoms with Gasteiger partial charge in [-0.25, -0.2) is 0 Å². The van der Waals surface area contributed by atoms with Gasteiger partial charge in [-0.3, -0.25) is 9.69 Å². The SMILES string of the molecule is CCC1CCC(C2CC3CCC(C2C(=O)OC)N3C)CC1. The molecule has 0 radical (unpaired) electrons. The fraction of sp³-hybridized carbons (Fsp3) is 0.944. The van der Waals surface area contributed by atoms with E-state index in [4.69, 9.17) is 4.74 Å². The second-order valence-corrected chi connectivity index (χ2v) is 7.60. The molecule has 2 aliphatic heterocycles. The molecule has 0 aromatic heterocycles. The molecule has 2 heterocycles. The first-order valence-electron chi connectivity index (χ1n) is 8.95. The van der Waals surface area contributed by atoms with Crippen molar-refractivity contribution in [3.05, 3.63) is 0 Å². The average Bonchev–Trinajstić information content (AvgIpc) is 2.76. The molecule has 2 saturated heterocycles. The van der Waals surface area contributed by atoms with E-state index in [0.29, 0.717) is 18.0 Å². The van der Waals surface area contributed by atoms with Gasteiger partial charge in [0.1, 0.15) is 0 Å². The molecular formula is C18H31NO2. The van der Waals surface area contributed by atoms with E-state index in [0.717, 1.165) is 11.8 Å². The Balaban J connectivity index is 1.75. The second kappa shape index (κ2) is 6.28. The van der Waals surface area contributed by atoms with Crippen LogP contribution in [0.2, 0.25) is 0 Å². The van der Waals surface area contributed by atoms with E-state index in [1.807, 2.05) is 0 Å². The summed E-state index contributed by atoms with van der Waals surface area (Å²) < 4.78 is 5.19. The van der Waals surface area contributed by atoms with Crippen molar-refractivity contribution >= 4 is 5.97 Å². The standard InChI is InChI=1S/C18H31NO2/c1-4-12-5-7-13(8-6-12)15-11-14-9-10-16(19(14)2)17(15)18(20)21-3/h12-17H,4-11H2,1-3H3. The van der Waals surface area contributed by atoms with Crippen LogP contribution in [-0.4, -0.2) is 37.1 Å². The highest BCUT2D eigenvalue weighted by molar-refractivity contribution is 5.74. The molecule has 0 amide bonds. The fourth-order valence-corrected chi connectivity index (χ4v) is 5.48. The third-order valence-corrected chi connectivity index (χ3v) is 6.86. The number of carbonyl (C=O) groups excluding carboxylic acids is 1. The highest BCUT2D eigenvalue weighted by atomic mass is 16.5. The van der Waals surface area contributed by atoms with Crippen molar-refractivity contribution in [2.45, 2.75) is 70.4 Å². The van der Waals surface area contributed by atoms with E-state index in [2.05, 4.69) is 18.9 Å².